The fourth-order valence-electron chi connectivity index (χ4n) is 3.92. The second-order valence-corrected chi connectivity index (χ2v) is 7.81. The third-order valence-corrected chi connectivity index (χ3v) is 5.76. The summed E-state index contributed by atoms with van der Waals surface area (Å²) in [7, 11) is 0. The van der Waals surface area contributed by atoms with E-state index >= 15 is 0 Å². The van der Waals surface area contributed by atoms with E-state index in [2.05, 4.69) is 12.2 Å². The molecule has 2 fully saturated rings. The molecule has 0 unspecified atom stereocenters. The molecular weight excluding hydrogens is 324 g/mol. The first-order valence-corrected chi connectivity index (χ1v) is 9.94. The fraction of sp³-hybridized carbons (Fsp3) is 0.545. The summed E-state index contributed by atoms with van der Waals surface area (Å²) in [5.74, 6) is 1.07. The van der Waals surface area contributed by atoms with Crippen LogP contribution in [-0.4, -0.2) is 35.8 Å². The number of benzene rings is 1. The molecule has 26 heavy (non-hydrogen) atoms. The van der Waals surface area contributed by atoms with Crippen LogP contribution in [0.2, 0.25) is 0 Å². The summed E-state index contributed by atoms with van der Waals surface area (Å²) in [4.78, 5) is 26.7. The Kier molecular flexibility index (Phi) is 6.48. The van der Waals surface area contributed by atoms with E-state index < -0.39 is 0 Å². The van der Waals surface area contributed by atoms with Crippen molar-refractivity contribution in [1.29, 1.82) is 0 Å². The summed E-state index contributed by atoms with van der Waals surface area (Å²) >= 11 is 0. The van der Waals surface area contributed by atoms with Crippen LogP contribution in [0.25, 0.3) is 6.08 Å². The molecule has 1 aliphatic heterocycles. The summed E-state index contributed by atoms with van der Waals surface area (Å²) in [5.41, 5.74) is 1.02. The molecule has 0 bridgehead atoms. The van der Waals surface area contributed by atoms with Crippen LogP contribution in [0, 0.1) is 11.8 Å². The number of piperidine rings is 1. The van der Waals surface area contributed by atoms with Crippen molar-refractivity contribution in [2.75, 3.05) is 13.1 Å². The summed E-state index contributed by atoms with van der Waals surface area (Å²) in [5, 5.41) is 3.24. The number of carbonyl (C=O) groups is 2. The monoisotopic (exact) mass is 354 g/mol. The molecule has 1 heterocycles. The average Bonchev–Trinajstić information content (AvgIpc) is 2.69. The van der Waals surface area contributed by atoms with Crippen molar-refractivity contribution >= 4 is 17.9 Å². The highest BCUT2D eigenvalue weighted by Gasteiger charge is 2.28. The topological polar surface area (TPSA) is 49.4 Å². The van der Waals surface area contributed by atoms with Crippen molar-refractivity contribution in [3.8, 4) is 0 Å². The first kappa shape index (κ1) is 18.7. The molecule has 4 heteroatoms. The molecule has 1 N–H and O–H groups in total. The molecule has 2 aliphatic rings. The predicted molar refractivity (Wildman–Crippen MR) is 104 cm³/mol. The fourth-order valence-corrected chi connectivity index (χ4v) is 3.92. The SMILES string of the molecule is CC1CCC(NC(=O)C2CCN(C(=O)/C=C/c3ccccc3)CC2)CC1. The highest BCUT2D eigenvalue weighted by atomic mass is 16.2. The Balaban J connectivity index is 1.42. The molecule has 2 amide bonds. The standard InChI is InChI=1S/C22H30N2O2/c1-17-7-10-20(11-8-17)23-22(26)19-13-15-24(16-14-19)21(25)12-9-18-5-3-2-4-6-18/h2-6,9,12,17,19-20H,7-8,10-11,13-16H2,1H3,(H,23,26)/b12-9+. The van der Waals surface area contributed by atoms with E-state index in [1.165, 1.54) is 12.8 Å². The van der Waals surface area contributed by atoms with Crippen molar-refractivity contribution < 1.29 is 9.59 Å². The maximum atomic E-state index is 12.5. The van der Waals surface area contributed by atoms with Gasteiger partial charge in [-0.3, -0.25) is 9.59 Å². The Morgan fingerprint density at radius 3 is 2.31 bits per heavy atom. The quantitative estimate of drug-likeness (QED) is 0.840. The van der Waals surface area contributed by atoms with Gasteiger partial charge in [0.1, 0.15) is 0 Å². The predicted octanol–water partition coefficient (Wildman–Crippen LogP) is 3.63. The van der Waals surface area contributed by atoms with Gasteiger partial charge in [-0.2, -0.15) is 0 Å². The van der Waals surface area contributed by atoms with E-state index in [1.807, 2.05) is 41.3 Å². The molecule has 0 atom stereocenters. The van der Waals surface area contributed by atoms with E-state index in [4.69, 9.17) is 0 Å². The summed E-state index contributed by atoms with van der Waals surface area (Å²) in [6.07, 6.45) is 9.66. The third-order valence-electron chi connectivity index (χ3n) is 5.76. The van der Waals surface area contributed by atoms with Gasteiger partial charge in [-0.05, 0) is 56.1 Å². The maximum Gasteiger partial charge on any atom is 0.246 e. The number of hydrogen-bond acceptors (Lipinski definition) is 2. The van der Waals surface area contributed by atoms with Crippen molar-refractivity contribution in [2.45, 2.75) is 51.5 Å². The van der Waals surface area contributed by atoms with E-state index in [0.717, 1.165) is 37.2 Å². The molecule has 0 aromatic heterocycles. The van der Waals surface area contributed by atoms with E-state index in [1.54, 1.807) is 6.08 Å². The molecule has 3 rings (SSSR count). The number of nitrogens with one attached hydrogen (secondary N) is 1. The second-order valence-electron chi connectivity index (χ2n) is 7.81. The summed E-state index contributed by atoms with van der Waals surface area (Å²) in [6, 6.07) is 10.2. The Morgan fingerprint density at radius 2 is 1.65 bits per heavy atom. The van der Waals surface area contributed by atoms with Crippen molar-refractivity contribution in [2.24, 2.45) is 11.8 Å². The minimum atomic E-state index is 0.0361. The summed E-state index contributed by atoms with van der Waals surface area (Å²) in [6.45, 7) is 3.62. The largest absolute Gasteiger partial charge is 0.353 e. The lowest BCUT2D eigenvalue weighted by Crippen LogP contribution is -2.45. The number of nitrogens with zero attached hydrogens (tertiary/aromatic N) is 1. The third kappa shape index (κ3) is 5.20. The molecule has 1 aromatic rings. The molecule has 4 nitrogen and oxygen atoms in total. The van der Waals surface area contributed by atoms with Crippen LogP contribution in [0.3, 0.4) is 0 Å². The van der Waals surface area contributed by atoms with Gasteiger partial charge < -0.3 is 10.2 Å². The average molecular weight is 354 g/mol. The first-order valence-electron chi connectivity index (χ1n) is 9.94. The lowest BCUT2D eigenvalue weighted by atomic mass is 9.86. The zero-order valence-electron chi connectivity index (χ0n) is 15.7. The van der Waals surface area contributed by atoms with Gasteiger partial charge in [-0.25, -0.2) is 0 Å². The Labute approximate surface area is 156 Å². The number of carbonyl (C=O) groups excluding carboxylic acids is 2. The second kappa shape index (κ2) is 9.02. The molecule has 1 saturated heterocycles. The zero-order valence-corrected chi connectivity index (χ0v) is 15.7. The Hall–Kier alpha value is -2.10. The van der Waals surface area contributed by atoms with Gasteiger partial charge in [-0.1, -0.05) is 37.3 Å². The summed E-state index contributed by atoms with van der Waals surface area (Å²) < 4.78 is 0. The number of rotatable bonds is 4. The van der Waals surface area contributed by atoms with Gasteiger partial charge in [0.05, 0.1) is 0 Å². The Bertz CT molecular complexity index is 625. The van der Waals surface area contributed by atoms with Crippen LogP contribution in [0.1, 0.15) is 51.0 Å². The van der Waals surface area contributed by atoms with E-state index in [9.17, 15) is 9.59 Å². The molecular formula is C22H30N2O2. The van der Waals surface area contributed by atoms with Gasteiger partial charge in [-0.15, -0.1) is 0 Å². The molecule has 1 aliphatic carbocycles. The first-order chi connectivity index (χ1) is 12.6. The normalized spacial score (nSPS) is 24.6. The van der Waals surface area contributed by atoms with Crippen LogP contribution in [0.5, 0.6) is 0 Å². The lowest BCUT2D eigenvalue weighted by molar-refractivity contribution is -0.132. The van der Waals surface area contributed by atoms with Crippen LogP contribution >= 0.6 is 0 Å². The number of amides is 2. The number of likely N-dealkylation sites (tertiary alicyclic amines) is 1. The van der Waals surface area contributed by atoms with Gasteiger partial charge in [0.2, 0.25) is 11.8 Å². The van der Waals surface area contributed by atoms with Gasteiger partial charge in [0.25, 0.3) is 0 Å². The van der Waals surface area contributed by atoms with Crippen LogP contribution < -0.4 is 5.32 Å². The van der Waals surface area contributed by atoms with Crippen LogP contribution in [-0.2, 0) is 9.59 Å². The number of hydrogen-bond donors (Lipinski definition) is 1. The Morgan fingerprint density at radius 1 is 1.00 bits per heavy atom. The maximum absolute atomic E-state index is 12.5. The van der Waals surface area contributed by atoms with Crippen molar-refractivity contribution in [3.63, 3.8) is 0 Å². The van der Waals surface area contributed by atoms with Crippen molar-refractivity contribution in [1.82, 2.24) is 10.2 Å². The van der Waals surface area contributed by atoms with E-state index in [0.29, 0.717) is 19.1 Å². The zero-order chi connectivity index (χ0) is 18.4. The minimum Gasteiger partial charge on any atom is -0.353 e. The lowest BCUT2D eigenvalue weighted by Gasteiger charge is -2.33. The van der Waals surface area contributed by atoms with Crippen molar-refractivity contribution in [3.05, 3.63) is 42.0 Å². The smallest absolute Gasteiger partial charge is 0.246 e. The molecule has 0 spiro atoms. The molecule has 1 aromatic carbocycles. The molecule has 140 valence electrons. The van der Waals surface area contributed by atoms with Gasteiger partial charge >= 0.3 is 0 Å². The highest BCUT2D eigenvalue weighted by Crippen LogP contribution is 2.25. The molecule has 0 radical (unpaired) electrons. The molecule has 1 saturated carbocycles. The highest BCUT2D eigenvalue weighted by molar-refractivity contribution is 5.92. The van der Waals surface area contributed by atoms with Gasteiger partial charge in [0, 0.05) is 31.1 Å². The minimum absolute atomic E-state index is 0.0361. The van der Waals surface area contributed by atoms with Crippen LogP contribution in [0.4, 0.5) is 0 Å². The van der Waals surface area contributed by atoms with Crippen LogP contribution in [0.15, 0.2) is 36.4 Å². The van der Waals surface area contributed by atoms with E-state index in [-0.39, 0.29) is 17.7 Å². The van der Waals surface area contributed by atoms with Gasteiger partial charge in [0.15, 0.2) is 0 Å².